The Hall–Kier alpha value is -3.90. The Labute approximate surface area is 189 Å². The van der Waals surface area contributed by atoms with Gasteiger partial charge in [-0.1, -0.05) is 13.3 Å². The van der Waals surface area contributed by atoms with Crippen molar-refractivity contribution >= 4 is 34.3 Å². The maximum Gasteiger partial charge on any atom is 0.340 e. The number of aromatic nitrogens is 2. The number of aromatic amines is 1. The SMILES string of the molecule is CCCc1cc(C(=O)OC)c(NC(=O)C(C#N)=Cc2cn[nH]c2-c2ccc(OC)cc2)s1. The van der Waals surface area contributed by atoms with Crippen molar-refractivity contribution in [2.45, 2.75) is 19.8 Å². The third-order valence-corrected chi connectivity index (χ3v) is 5.73. The molecule has 32 heavy (non-hydrogen) atoms. The highest BCUT2D eigenvalue weighted by Crippen LogP contribution is 2.31. The molecule has 0 bridgehead atoms. The first-order valence-electron chi connectivity index (χ1n) is 9.82. The van der Waals surface area contributed by atoms with Gasteiger partial charge in [-0.15, -0.1) is 11.3 Å². The number of nitrogens with one attached hydrogen (secondary N) is 2. The summed E-state index contributed by atoms with van der Waals surface area (Å²) in [6.45, 7) is 2.03. The largest absolute Gasteiger partial charge is 0.497 e. The van der Waals surface area contributed by atoms with E-state index in [0.29, 0.717) is 22.0 Å². The van der Waals surface area contributed by atoms with Gasteiger partial charge in [0.2, 0.25) is 0 Å². The molecule has 164 valence electrons. The molecule has 0 spiro atoms. The number of carbonyl (C=O) groups excluding carboxylic acids is 2. The van der Waals surface area contributed by atoms with Gasteiger partial charge in [0.15, 0.2) is 0 Å². The number of nitrogens with zero attached hydrogens (tertiary/aromatic N) is 2. The summed E-state index contributed by atoms with van der Waals surface area (Å²) < 4.78 is 9.99. The van der Waals surface area contributed by atoms with Gasteiger partial charge in [-0.3, -0.25) is 9.89 Å². The minimum Gasteiger partial charge on any atom is -0.497 e. The van der Waals surface area contributed by atoms with Crippen LogP contribution in [0.3, 0.4) is 0 Å². The van der Waals surface area contributed by atoms with E-state index in [-0.39, 0.29) is 11.1 Å². The Balaban J connectivity index is 1.89. The van der Waals surface area contributed by atoms with Gasteiger partial charge in [0, 0.05) is 16.0 Å². The maximum absolute atomic E-state index is 12.8. The van der Waals surface area contributed by atoms with E-state index in [1.165, 1.54) is 30.7 Å². The lowest BCUT2D eigenvalue weighted by Crippen LogP contribution is -2.15. The monoisotopic (exact) mass is 450 g/mol. The van der Waals surface area contributed by atoms with Gasteiger partial charge in [0.05, 0.1) is 31.7 Å². The van der Waals surface area contributed by atoms with E-state index in [4.69, 9.17) is 9.47 Å². The Morgan fingerprint density at radius 2 is 2.03 bits per heavy atom. The Kier molecular flexibility index (Phi) is 7.41. The highest BCUT2D eigenvalue weighted by Gasteiger charge is 2.20. The number of anilines is 1. The summed E-state index contributed by atoms with van der Waals surface area (Å²) in [6.07, 6.45) is 4.66. The lowest BCUT2D eigenvalue weighted by Gasteiger charge is -2.05. The number of nitriles is 1. The van der Waals surface area contributed by atoms with Gasteiger partial charge in [0.25, 0.3) is 5.91 Å². The van der Waals surface area contributed by atoms with E-state index < -0.39 is 11.9 Å². The molecule has 8 nitrogen and oxygen atoms in total. The molecule has 0 aliphatic rings. The van der Waals surface area contributed by atoms with Crippen LogP contribution in [0.5, 0.6) is 5.75 Å². The Morgan fingerprint density at radius 3 is 2.66 bits per heavy atom. The number of thiophene rings is 1. The predicted octanol–water partition coefficient (Wildman–Crippen LogP) is 4.43. The number of H-pyrrole nitrogens is 1. The van der Waals surface area contributed by atoms with E-state index in [2.05, 4.69) is 15.5 Å². The van der Waals surface area contributed by atoms with Gasteiger partial charge in [-0.25, -0.2) is 4.79 Å². The molecule has 0 radical (unpaired) electrons. The van der Waals surface area contributed by atoms with Crippen molar-refractivity contribution in [2.75, 3.05) is 19.5 Å². The molecular formula is C23H22N4O4S. The number of amides is 1. The summed E-state index contributed by atoms with van der Waals surface area (Å²) in [6, 6.07) is 10.9. The zero-order chi connectivity index (χ0) is 23.1. The lowest BCUT2D eigenvalue weighted by molar-refractivity contribution is -0.112. The molecule has 1 amide bonds. The minimum absolute atomic E-state index is 0.123. The van der Waals surface area contributed by atoms with Crippen molar-refractivity contribution in [3.63, 3.8) is 0 Å². The number of benzene rings is 1. The molecule has 0 aliphatic carbocycles. The van der Waals surface area contributed by atoms with Gasteiger partial charge in [-0.05, 0) is 42.8 Å². The van der Waals surface area contributed by atoms with Crippen molar-refractivity contribution in [3.8, 4) is 23.1 Å². The quantitative estimate of drug-likeness (QED) is 0.298. The topological polar surface area (TPSA) is 117 Å². The number of carbonyl (C=O) groups is 2. The first-order valence-corrected chi connectivity index (χ1v) is 10.6. The number of aryl methyl sites for hydroxylation is 1. The standard InChI is InChI=1S/C23H22N4O4S/c1-4-5-18-11-19(23(29)31-3)22(32-18)26-21(28)15(12-24)10-16-13-25-27-20(16)14-6-8-17(30-2)9-7-14/h6-11,13H,4-5H2,1-3H3,(H,25,27)(H,26,28). The van der Waals surface area contributed by atoms with Crippen LogP contribution in [0.25, 0.3) is 17.3 Å². The first kappa shape index (κ1) is 22.8. The number of hydrogen-bond donors (Lipinski definition) is 2. The van der Waals surface area contributed by atoms with E-state index in [1.54, 1.807) is 25.3 Å². The van der Waals surface area contributed by atoms with Gasteiger partial charge >= 0.3 is 5.97 Å². The molecule has 0 aliphatic heterocycles. The minimum atomic E-state index is -0.621. The van der Waals surface area contributed by atoms with Crippen molar-refractivity contribution in [1.29, 1.82) is 5.26 Å². The highest BCUT2D eigenvalue weighted by atomic mass is 32.1. The number of hydrogen-bond acceptors (Lipinski definition) is 7. The van der Waals surface area contributed by atoms with Crippen LogP contribution < -0.4 is 10.1 Å². The highest BCUT2D eigenvalue weighted by molar-refractivity contribution is 7.16. The molecule has 2 heterocycles. The van der Waals surface area contributed by atoms with Crippen LogP contribution in [0, 0.1) is 11.3 Å². The van der Waals surface area contributed by atoms with Crippen LogP contribution in [0.1, 0.15) is 34.1 Å². The molecule has 1 aromatic carbocycles. The van der Waals surface area contributed by atoms with E-state index in [9.17, 15) is 14.9 Å². The molecule has 3 rings (SSSR count). The van der Waals surface area contributed by atoms with Crippen LogP contribution in [0.4, 0.5) is 5.00 Å². The van der Waals surface area contributed by atoms with E-state index >= 15 is 0 Å². The van der Waals surface area contributed by atoms with Crippen molar-refractivity contribution in [3.05, 3.63) is 58.1 Å². The average molecular weight is 451 g/mol. The number of ether oxygens (including phenoxy) is 2. The van der Waals surface area contributed by atoms with Gasteiger partial charge < -0.3 is 14.8 Å². The molecule has 9 heteroatoms. The van der Waals surface area contributed by atoms with Crippen LogP contribution >= 0.6 is 11.3 Å². The molecule has 0 atom stereocenters. The predicted molar refractivity (Wildman–Crippen MR) is 122 cm³/mol. The molecule has 0 saturated carbocycles. The van der Waals surface area contributed by atoms with Gasteiger partial charge in [0.1, 0.15) is 22.4 Å². The molecular weight excluding hydrogens is 428 g/mol. The van der Waals surface area contributed by atoms with E-state index in [1.807, 2.05) is 25.1 Å². The Bertz CT molecular complexity index is 1190. The lowest BCUT2D eigenvalue weighted by atomic mass is 10.1. The summed E-state index contributed by atoms with van der Waals surface area (Å²) in [4.78, 5) is 25.9. The van der Waals surface area contributed by atoms with Crippen LogP contribution in [-0.4, -0.2) is 36.3 Å². The van der Waals surface area contributed by atoms with Gasteiger partial charge in [-0.2, -0.15) is 10.4 Å². The Morgan fingerprint density at radius 1 is 1.28 bits per heavy atom. The molecule has 0 saturated heterocycles. The van der Waals surface area contributed by atoms with Crippen molar-refractivity contribution < 1.29 is 19.1 Å². The third kappa shape index (κ3) is 5.04. The fourth-order valence-corrected chi connectivity index (χ4v) is 4.18. The summed E-state index contributed by atoms with van der Waals surface area (Å²) in [5.41, 5.74) is 2.21. The summed E-state index contributed by atoms with van der Waals surface area (Å²) >= 11 is 1.30. The third-order valence-electron chi connectivity index (χ3n) is 4.62. The molecule has 0 fully saturated rings. The smallest absolute Gasteiger partial charge is 0.340 e. The first-order chi connectivity index (χ1) is 15.5. The summed E-state index contributed by atoms with van der Waals surface area (Å²) in [5, 5.41) is 19.6. The molecule has 2 N–H and O–H groups in total. The fraction of sp³-hybridized carbons (Fsp3) is 0.217. The summed E-state index contributed by atoms with van der Waals surface area (Å²) in [7, 11) is 2.87. The zero-order valence-corrected chi connectivity index (χ0v) is 18.7. The number of rotatable bonds is 8. The van der Waals surface area contributed by atoms with Crippen LogP contribution in [0.2, 0.25) is 0 Å². The fourth-order valence-electron chi connectivity index (χ4n) is 3.03. The second-order valence-corrected chi connectivity index (χ2v) is 7.89. The van der Waals surface area contributed by atoms with Crippen LogP contribution in [0.15, 0.2) is 42.1 Å². The summed E-state index contributed by atoms with van der Waals surface area (Å²) in [5.74, 6) is -0.454. The van der Waals surface area contributed by atoms with Crippen LogP contribution in [-0.2, 0) is 16.0 Å². The second-order valence-electron chi connectivity index (χ2n) is 6.75. The van der Waals surface area contributed by atoms with E-state index in [0.717, 1.165) is 23.3 Å². The molecule has 2 aromatic heterocycles. The number of methoxy groups -OCH3 is 2. The van der Waals surface area contributed by atoms with Crippen molar-refractivity contribution in [1.82, 2.24) is 10.2 Å². The normalized spacial score (nSPS) is 11.0. The number of esters is 1. The second kappa shape index (κ2) is 10.4. The maximum atomic E-state index is 12.8. The van der Waals surface area contributed by atoms with Crippen molar-refractivity contribution in [2.24, 2.45) is 0 Å². The zero-order valence-electron chi connectivity index (χ0n) is 17.9. The average Bonchev–Trinajstić information content (AvgIpc) is 3.44. The molecule has 0 unspecified atom stereocenters. The molecule has 3 aromatic rings.